The van der Waals surface area contributed by atoms with E-state index in [9.17, 15) is 5.11 Å². The van der Waals surface area contributed by atoms with E-state index in [1.807, 2.05) is 19.1 Å². The molecule has 0 aliphatic carbocycles. The molecule has 3 aromatic rings. The third kappa shape index (κ3) is 2.49. The van der Waals surface area contributed by atoms with Crippen LogP contribution in [-0.2, 0) is 0 Å². The summed E-state index contributed by atoms with van der Waals surface area (Å²) in [6, 6.07) is 14.2. The smallest absolute Gasteiger partial charge is 0.120 e. The first-order chi connectivity index (χ1) is 9.63. The van der Waals surface area contributed by atoms with Gasteiger partial charge >= 0.3 is 0 Å². The Kier molecular flexibility index (Phi) is 3.36. The number of rotatable bonds is 3. The van der Waals surface area contributed by atoms with Gasteiger partial charge in [0.1, 0.15) is 5.75 Å². The summed E-state index contributed by atoms with van der Waals surface area (Å²) in [6.07, 6.45) is 0. The highest BCUT2D eigenvalue weighted by Crippen LogP contribution is 2.30. The van der Waals surface area contributed by atoms with Gasteiger partial charge < -0.3 is 10.4 Å². The summed E-state index contributed by atoms with van der Waals surface area (Å²) >= 11 is 1.75. The van der Waals surface area contributed by atoms with Gasteiger partial charge in [-0.05, 0) is 54.9 Å². The molecule has 3 heteroatoms. The van der Waals surface area contributed by atoms with Crippen molar-refractivity contribution in [3.63, 3.8) is 0 Å². The molecule has 0 aliphatic rings. The quantitative estimate of drug-likeness (QED) is 0.702. The van der Waals surface area contributed by atoms with E-state index in [1.165, 1.54) is 10.1 Å². The number of hydrogen-bond acceptors (Lipinski definition) is 3. The molecule has 0 saturated carbocycles. The van der Waals surface area contributed by atoms with Crippen LogP contribution < -0.4 is 5.32 Å². The molecule has 20 heavy (non-hydrogen) atoms. The number of anilines is 1. The zero-order valence-electron chi connectivity index (χ0n) is 11.6. The van der Waals surface area contributed by atoms with Crippen LogP contribution in [0, 0.1) is 6.92 Å². The predicted molar refractivity (Wildman–Crippen MR) is 86.7 cm³/mol. The van der Waals surface area contributed by atoms with Crippen LogP contribution in [0.2, 0.25) is 0 Å². The molecule has 102 valence electrons. The van der Waals surface area contributed by atoms with E-state index < -0.39 is 0 Å². The van der Waals surface area contributed by atoms with Crippen molar-refractivity contribution in [1.29, 1.82) is 0 Å². The van der Waals surface area contributed by atoms with Gasteiger partial charge in [-0.2, -0.15) is 0 Å². The van der Waals surface area contributed by atoms with E-state index in [-0.39, 0.29) is 6.04 Å². The van der Waals surface area contributed by atoms with E-state index in [0.717, 1.165) is 16.8 Å². The van der Waals surface area contributed by atoms with Crippen LogP contribution in [0.1, 0.15) is 24.1 Å². The Hall–Kier alpha value is -2.00. The second-order valence-corrected chi connectivity index (χ2v) is 6.05. The molecule has 0 saturated heterocycles. The van der Waals surface area contributed by atoms with Gasteiger partial charge in [-0.25, -0.2) is 0 Å². The topological polar surface area (TPSA) is 32.3 Å². The highest BCUT2D eigenvalue weighted by molar-refractivity contribution is 7.17. The predicted octanol–water partition coefficient (Wildman–Crippen LogP) is 5.09. The molecule has 2 aromatic carbocycles. The molecule has 1 atom stereocenters. The van der Waals surface area contributed by atoms with Crippen molar-refractivity contribution in [3.8, 4) is 5.75 Å². The maximum atomic E-state index is 9.98. The highest BCUT2D eigenvalue weighted by atomic mass is 32.1. The number of aromatic hydroxyl groups is 1. The standard InChI is InChI=1S/C17H17NOS/c1-11-3-5-16(19)15(9-11)12(2)18-14-4-6-17-13(10-14)7-8-20-17/h3-10,12,18-19H,1-2H3. The maximum Gasteiger partial charge on any atom is 0.120 e. The van der Waals surface area contributed by atoms with Gasteiger partial charge in [0.2, 0.25) is 0 Å². The third-order valence-corrected chi connectivity index (χ3v) is 4.38. The number of thiophene rings is 1. The van der Waals surface area contributed by atoms with Crippen molar-refractivity contribution in [1.82, 2.24) is 0 Å². The number of phenols is 1. The van der Waals surface area contributed by atoms with Crippen molar-refractivity contribution in [2.75, 3.05) is 5.32 Å². The molecule has 1 heterocycles. The summed E-state index contributed by atoms with van der Waals surface area (Å²) in [7, 11) is 0. The number of fused-ring (bicyclic) bond motifs is 1. The first-order valence-electron chi connectivity index (χ1n) is 6.67. The molecule has 2 N–H and O–H groups in total. The van der Waals surface area contributed by atoms with Crippen LogP contribution >= 0.6 is 11.3 Å². The van der Waals surface area contributed by atoms with Gasteiger partial charge in [-0.1, -0.05) is 17.7 Å². The third-order valence-electron chi connectivity index (χ3n) is 3.49. The summed E-state index contributed by atoms with van der Waals surface area (Å²) in [4.78, 5) is 0. The van der Waals surface area contributed by atoms with E-state index in [2.05, 4.69) is 41.9 Å². The zero-order chi connectivity index (χ0) is 14.1. The van der Waals surface area contributed by atoms with Crippen LogP contribution in [0.3, 0.4) is 0 Å². The molecule has 0 fully saturated rings. The largest absolute Gasteiger partial charge is 0.508 e. The van der Waals surface area contributed by atoms with Gasteiger partial charge in [0.25, 0.3) is 0 Å². The maximum absolute atomic E-state index is 9.98. The SMILES string of the molecule is Cc1ccc(O)c(C(C)Nc2ccc3sccc3c2)c1. The second kappa shape index (κ2) is 5.17. The number of hydrogen-bond donors (Lipinski definition) is 2. The van der Waals surface area contributed by atoms with Crippen molar-refractivity contribution in [3.05, 3.63) is 59.0 Å². The lowest BCUT2D eigenvalue weighted by molar-refractivity contribution is 0.465. The first kappa shape index (κ1) is 13.0. The van der Waals surface area contributed by atoms with Crippen LogP contribution in [0.4, 0.5) is 5.69 Å². The summed E-state index contributed by atoms with van der Waals surface area (Å²) in [6.45, 7) is 4.10. The molecule has 0 amide bonds. The van der Waals surface area contributed by atoms with Gasteiger partial charge in [0, 0.05) is 16.0 Å². The summed E-state index contributed by atoms with van der Waals surface area (Å²) < 4.78 is 1.29. The number of nitrogens with one attached hydrogen (secondary N) is 1. The molecule has 3 rings (SSSR count). The van der Waals surface area contributed by atoms with Crippen molar-refractivity contribution < 1.29 is 5.11 Å². The Bertz CT molecular complexity index is 748. The fraction of sp³-hybridized carbons (Fsp3) is 0.176. The molecular weight excluding hydrogens is 266 g/mol. The molecule has 0 aliphatic heterocycles. The number of phenolic OH excluding ortho intramolecular Hbond substituents is 1. The Morgan fingerprint density at radius 2 is 1.95 bits per heavy atom. The van der Waals surface area contributed by atoms with E-state index in [4.69, 9.17) is 0 Å². The average Bonchev–Trinajstić information content (AvgIpc) is 2.89. The summed E-state index contributed by atoms with van der Waals surface area (Å²) in [5.74, 6) is 0.340. The molecular formula is C17H17NOS. The van der Waals surface area contributed by atoms with E-state index >= 15 is 0 Å². The first-order valence-corrected chi connectivity index (χ1v) is 7.55. The highest BCUT2D eigenvalue weighted by Gasteiger charge is 2.10. The zero-order valence-corrected chi connectivity index (χ0v) is 12.4. The van der Waals surface area contributed by atoms with Crippen molar-refractivity contribution in [2.45, 2.75) is 19.9 Å². The minimum Gasteiger partial charge on any atom is -0.508 e. The Morgan fingerprint density at radius 3 is 2.80 bits per heavy atom. The fourth-order valence-electron chi connectivity index (χ4n) is 2.40. The van der Waals surface area contributed by atoms with Gasteiger partial charge in [-0.3, -0.25) is 0 Å². The van der Waals surface area contributed by atoms with E-state index in [1.54, 1.807) is 17.4 Å². The minimum absolute atomic E-state index is 0.0611. The van der Waals surface area contributed by atoms with Gasteiger partial charge in [0.05, 0.1) is 6.04 Å². The van der Waals surface area contributed by atoms with Crippen LogP contribution in [0.15, 0.2) is 47.8 Å². The lowest BCUT2D eigenvalue weighted by Gasteiger charge is -2.17. The summed E-state index contributed by atoms with van der Waals surface area (Å²) in [5, 5.41) is 16.8. The van der Waals surface area contributed by atoms with Crippen LogP contribution in [0.5, 0.6) is 5.75 Å². The molecule has 1 unspecified atom stereocenters. The fourth-order valence-corrected chi connectivity index (χ4v) is 3.18. The van der Waals surface area contributed by atoms with Crippen LogP contribution in [0.25, 0.3) is 10.1 Å². The molecule has 1 aromatic heterocycles. The monoisotopic (exact) mass is 283 g/mol. The molecule has 2 nitrogen and oxygen atoms in total. The van der Waals surface area contributed by atoms with Gasteiger partial charge in [-0.15, -0.1) is 11.3 Å². The second-order valence-electron chi connectivity index (χ2n) is 5.10. The van der Waals surface area contributed by atoms with Crippen LogP contribution in [-0.4, -0.2) is 5.11 Å². The number of benzene rings is 2. The van der Waals surface area contributed by atoms with E-state index in [0.29, 0.717) is 5.75 Å². The van der Waals surface area contributed by atoms with Crippen molar-refractivity contribution >= 4 is 27.1 Å². The summed E-state index contributed by atoms with van der Waals surface area (Å²) in [5.41, 5.74) is 3.15. The Morgan fingerprint density at radius 1 is 1.10 bits per heavy atom. The lowest BCUT2D eigenvalue weighted by atomic mass is 10.0. The normalized spacial score (nSPS) is 12.5. The molecule has 0 spiro atoms. The molecule has 0 radical (unpaired) electrons. The lowest BCUT2D eigenvalue weighted by Crippen LogP contribution is -2.07. The minimum atomic E-state index is 0.0611. The number of aryl methyl sites for hydroxylation is 1. The van der Waals surface area contributed by atoms with Crippen molar-refractivity contribution in [2.24, 2.45) is 0 Å². The Labute approximate surface area is 122 Å². The average molecular weight is 283 g/mol. The van der Waals surface area contributed by atoms with Gasteiger partial charge in [0.15, 0.2) is 0 Å². The molecule has 0 bridgehead atoms. The Balaban J connectivity index is 1.87.